The Morgan fingerprint density at radius 1 is 1.06 bits per heavy atom. The molecular formula is C24H28N8O. The molecule has 33 heavy (non-hydrogen) atoms. The lowest BCUT2D eigenvalue weighted by molar-refractivity contribution is 0.232. The molecule has 0 amide bonds. The minimum absolute atomic E-state index is 0.0560. The van der Waals surface area contributed by atoms with Crippen LogP contribution in [0.3, 0.4) is 0 Å². The summed E-state index contributed by atoms with van der Waals surface area (Å²) in [5.74, 6) is 1.99. The second-order valence-electron chi connectivity index (χ2n) is 8.43. The van der Waals surface area contributed by atoms with E-state index in [-0.39, 0.29) is 6.10 Å². The van der Waals surface area contributed by atoms with E-state index in [2.05, 4.69) is 52.6 Å². The number of aromatic amines is 1. The summed E-state index contributed by atoms with van der Waals surface area (Å²) in [5.41, 5.74) is 4.78. The Balaban J connectivity index is 1.33. The molecule has 1 aliphatic rings. The molecule has 0 bridgehead atoms. The Hall–Kier alpha value is -3.56. The minimum Gasteiger partial charge on any atom is -0.475 e. The number of nitrogens with one attached hydrogen (secondary N) is 3. The highest BCUT2D eigenvalue weighted by Crippen LogP contribution is 2.25. The van der Waals surface area contributed by atoms with Crippen molar-refractivity contribution in [3.05, 3.63) is 54.5 Å². The van der Waals surface area contributed by atoms with Crippen LogP contribution in [0.2, 0.25) is 0 Å². The van der Waals surface area contributed by atoms with Crippen LogP contribution in [0, 0.1) is 0 Å². The number of ether oxygens (including phenoxy) is 1. The first-order valence-corrected chi connectivity index (χ1v) is 11.3. The van der Waals surface area contributed by atoms with Gasteiger partial charge in [-0.15, -0.1) is 0 Å². The molecule has 3 aromatic heterocycles. The molecule has 0 saturated carbocycles. The first-order valence-electron chi connectivity index (χ1n) is 11.3. The van der Waals surface area contributed by atoms with Crippen LogP contribution in [-0.2, 0) is 6.54 Å². The minimum atomic E-state index is 0.0560. The van der Waals surface area contributed by atoms with Gasteiger partial charge in [0.15, 0.2) is 0 Å². The molecule has 9 heteroatoms. The van der Waals surface area contributed by atoms with Gasteiger partial charge in [0.05, 0.1) is 22.8 Å². The molecular weight excluding hydrogens is 416 g/mol. The van der Waals surface area contributed by atoms with Crippen molar-refractivity contribution in [1.82, 2.24) is 35.1 Å². The lowest BCUT2D eigenvalue weighted by atomic mass is 10.1. The summed E-state index contributed by atoms with van der Waals surface area (Å²) in [6.07, 6.45) is 3.42. The summed E-state index contributed by atoms with van der Waals surface area (Å²) >= 11 is 0. The van der Waals surface area contributed by atoms with Gasteiger partial charge < -0.3 is 20.4 Å². The molecule has 0 unspecified atom stereocenters. The van der Waals surface area contributed by atoms with E-state index in [1.54, 1.807) is 0 Å². The number of anilines is 2. The molecule has 0 atom stereocenters. The highest BCUT2D eigenvalue weighted by Gasteiger charge is 2.12. The van der Waals surface area contributed by atoms with E-state index in [9.17, 15) is 0 Å². The number of fused-ring (bicyclic) bond motifs is 1. The number of hydrogen-bond acceptors (Lipinski definition) is 8. The lowest BCUT2D eigenvalue weighted by Crippen LogP contribution is -2.42. The van der Waals surface area contributed by atoms with Gasteiger partial charge in [-0.2, -0.15) is 0 Å². The maximum Gasteiger partial charge on any atom is 0.217 e. The van der Waals surface area contributed by atoms with E-state index in [4.69, 9.17) is 4.74 Å². The number of imidazole rings is 1. The van der Waals surface area contributed by atoms with Gasteiger partial charge >= 0.3 is 0 Å². The van der Waals surface area contributed by atoms with Crippen molar-refractivity contribution in [3.63, 3.8) is 0 Å². The molecule has 0 radical (unpaired) electrons. The van der Waals surface area contributed by atoms with Gasteiger partial charge in [0.1, 0.15) is 12.1 Å². The van der Waals surface area contributed by atoms with E-state index in [1.807, 2.05) is 44.3 Å². The molecule has 0 aliphatic carbocycles. The van der Waals surface area contributed by atoms with Crippen molar-refractivity contribution in [3.8, 4) is 17.1 Å². The van der Waals surface area contributed by atoms with Crippen LogP contribution in [0.25, 0.3) is 22.3 Å². The van der Waals surface area contributed by atoms with E-state index >= 15 is 0 Å². The topological polar surface area (TPSA) is 104 Å². The van der Waals surface area contributed by atoms with Gasteiger partial charge in [0.25, 0.3) is 0 Å². The number of pyridine rings is 1. The SMILES string of the molecule is CC(C)Oc1cc(-c2ccc3nc(Nc4cc(CN5CCNCC5)ccn4)[nH]c3c2)ncn1. The third-order valence-electron chi connectivity index (χ3n) is 5.46. The highest BCUT2D eigenvalue weighted by molar-refractivity contribution is 5.83. The van der Waals surface area contributed by atoms with Crippen LogP contribution in [0.4, 0.5) is 11.8 Å². The molecule has 0 spiro atoms. The zero-order valence-electron chi connectivity index (χ0n) is 18.9. The third kappa shape index (κ3) is 5.27. The second kappa shape index (κ2) is 9.51. The lowest BCUT2D eigenvalue weighted by Gasteiger charge is -2.27. The quantitative estimate of drug-likeness (QED) is 0.399. The van der Waals surface area contributed by atoms with Crippen molar-refractivity contribution < 1.29 is 4.74 Å². The molecule has 4 aromatic rings. The molecule has 1 saturated heterocycles. The Morgan fingerprint density at radius 2 is 1.94 bits per heavy atom. The Kier molecular flexibility index (Phi) is 6.14. The van der Waals surface area contributed by atoms with Gasteiger partial charge in [0.2, 0.25) is 11.8 Å². The fourth-order valence-corrected chi connectivity index (χ4v) is 3.92. The highest BCUT2D eigenvalue weighted by atomic mass is 16.5. The molecule has 3 N–H and O–H groups in total. The van der Waals surface area contributed by atoms with Gasteiger partial charge in [-0.25, -0.2) is 19.9 Å². The summed E-state index contributed by atoms with van der Waals surface area (Å²) < 4.78 is 5.70. The van der Waals surface area contributed by atoms with Gasteiger partial charge in [-0.3, -0.25) is 4.90 Å². The van der Waals surface area contributed by atoms with E-state index in [0.717, 1.165) is 60.8 Å². The monoisotopic (exact) mass is 444 g/mol. The zero-order valence-corrected chi connectivity index (χ0v) is 18.9. The normalized spacial score (nSPS) is 14.6. The standard InChI is InChI=1S/C24H28N8O/c1-16(2)33-23-13-20(27-15-28-23)18-3-4-19-21(12-18)30-24(29-19)31-22-11-17(5-6-26-22)14-32-9-7-25-8-10-32/h3-6,11-13,15-16,25H,7-10,14H2,1-2H3,(H2,26,29,30,31). The molecule has 1 fully saturated rings. The van der Waals surface area contributed by atoms with Crippen LogP contribution in [0.15, 0.2) is 48.9 Å². The number of hydrogen-bond donors (Lipinski definition) is 3. The smallest absolute Gasteiger partial charge is 0.217 e. The molecule has 4 heterocycles. The molecule has 5 rings (SSSR count). The van der Waals surface area contributed by atoms with Crippen LogP contribution in [-0.4, -0.2) is 62.1 Å². The van der Waals surface area contributed by atoms with E-state index in [1.165, 1.54) is 11.9 Å². The first-order chi connectivity index (χ1) is 16.1. The molecule has 1 aromatic carbocycles. The molecule has 170 valence electrons. The number of piperazine rings is 1. The number of nitrogens with zero attached hydrogens (tertiary/aromatic N) is 5. The van der Waals surface area contributed by atoms with Gasteiger partial charge in [0, 0.05) is 50.6 Å². The number of aromatic nitrogens is 5. The first kappa shape index (κ1) is 21.3. The van der Waals surface area contributed by atoms with Crippen molar-refractivity contribution in [1.29, 1.82) is 0 Å². The number of H-pyrrole nitrogens is 1. The average Bonchev–Trinajstić information content (AvgIpc) is 3.21. The Bertz CT molecular complexity index is 1230. The van der Waals surface area contributed by atoms with Crippen molar-refractivity contribution in [2.24, 2.45) is 0 Å². The predicted octanol–water partition coefficient (Wildman–Crippen LogP) is 3.35. The largest absolute Gasteiger partial charge is 0.475 e. The van der Waals surface area contributed by atoms with E-state index in [0.29, 0.717) is 11.8 Å². The summed E-state index contributed by atoms with van der Waals surface area (Å²) in [4.78, 5) is 23.5. The van der Waals surface area contributed by atoms with Crippen LogP contribution >= 0.6 is 0 Å². The molecule has 1 aliphatic heterocycles. The maximum absolute atomic E-state index is 5.70. The van der Waals surface area contributed by atoms with Crippen molar-refractivity contribution >= 4 is 22.8 Å². The number of benzene rings is 1. The number of rotatable bonds is 7. The third-order valence-corrected chi connectivity index (χ3v) is 5.46. The summed E-state index contributed by atoms with van der Waals surface area (Å²) in [6.45, 7) is 9.08. The van der Waals surface area contributed by atoms with E-state index < -0.39 is 0 Å². The second-order valence-corrected chi connectivity index (χ2v) is 8.43. The van der Waals surface area contributed by atoms with Crippen LogP contribution in [0.5, 0.6) is 5.88 Å². The summed E-state index contributed by atoms with van der Waals surface area (Å²) in [6, 6.07) is 12.0. The predicted molar refractivity (Wildman–Crippen MR) is 129 cm³/mol. The molecule has 9 nitrogen and oxygen atoms in total. The van der Waals surface area contributed by atoms with Gasteiger partial charge in [-0.05, 0) is 43.7 Å². The fourth-order valence-electron chi connectivity index (χ4n) is 3.92. The summed E-state index contributed by atoms with van der Waals surface area (Å²) in [5, 5.41) is 6.70. The average molecular weight is 445 g/mol. The Morgan fingerprint density at radius 3 is 2.79 bits per heavy atom. The maximum atomic E-state index is 5.70. The summed E-state index contributed by atoms with van der Waals surface area (Å²) in [7, 11) is 0. The zero-order chi connectivity index (χ0) is 22.6. The van der Waals surface area contributed by atoms with Crippen molar-refractivity contribution in [2.45, 2.75) is 26.5 Å². The van der Waals surface area contributed by atoms with Crippen LogP contribution in [0.1, 0.15) is 19.4 Å². The van der Waals surface area contributed by atoms with Gasteiger partial charge in [-0.1, -0.05) is 6.07 Å². The fraction of sp³-hybridized carbons (Fsp3) is 0.333. The van der Waals surface area contributed by atoms with Crippen LogP contribution < -0.4 is 15.4 Å². The Labute approximate surface area is 192 Å². The van der Waals surface area contributed by atoms with Crippen molar-refractivity contribution in [2.75, 3.05) is 31.5 Å².